The van der Waals surface area contributed by atoms with Crippen molar-refractivity contribution < 1.29 is 4.74 Å². The fourth-order valence-electron chi connectivity index (χ4n) is 4.02. The first-order valence-electron chi connectivity index (χ1n) is 11.6. The molecule has 7 nitrogen and oxygen atoms in total. The van der Waals surface area contributed by atoms with Crippen LogP contribution in [0.1, 0.15) is 11.1 Å². The highest BCUT2D eigenvalue weighted by molar-refractivity contribution is 7.15. The lowest BCUT2D eigenvalue weighted by Crippen LogP contribution is -2.23. The predicted octanol–water partition coefficient (Wildman–Crippen LogP) is 5.15. The lowest BCUT2D eigenvalue weighted by Gasteiger charge is -2.08. The van der Waals surface area contributed by atoms with Crippen molar-refractivity contribution in [3.63, 3.8) is 0 Å². The molecule has 6 aromatic rings. The average Bonchev–Trinajstić information content (AvgIpc) is 3.70. The van der Waals surface area contributed by atoms with Crippen LogP contribution < -0.4 is 14.8 Å². The Balaban J connectivity index is 1.47. The second kappa shape index (κ2) is 9.61. The number of thiazole rings is 1. The van der Waals surface area contributed by atoms with Crippen molar-refractivity contribution in [3.8, 4) is 33.4 Å². The third-order valence-corrected chi connectivity index (χ3v) is 7.60. The Morgan fingerprint density at radius 1 is 1.08 bits per heavy atom. The van der Waals surface area contributed by atoms with Gasteiger partial charge in [-0.05, 0) is 60.3 Å². The molecule has 0 saturated heterocycles. The minimum absolute atomic E-state index is 0.196. The molecule has 0 aliphatic carbocycles. The second-order valence-electron chi connectivity index (χ2n) is 8.32. The number of ether oxygens (including phenoxy) is 1. The topological polar surface area (TPSA) is 74.3 Å². The van der Waals surface area contributed by atoms with Gasteiger partial charge in [0.05, 0.1) is 15.1 Å². The van der Waals surface area contributed by atoms with Crippen molar-refractivity contribution in [3.05, 3.63) is 111 Å². The number of hydrogen-bond acceptors (Lipinski definition) is 7. The first-order chi connectivity index (χ1) is 18.1. The highest BCUT2D eigenvalue weighted by Crippen LogP contribution is 2.29. The molecule has 2 aromatic carbocycles. The van der Waals surface area contributed by atoms with Gasteiger partial charge < -0.3 is 4.74 Å². The van der Waals surface area contributed by atoms with E-state index in [2.05, 4.69) is 16.7 Å². The number of aryl methyl sites for hydroxylation is 1. The van der Waals surface area contributed by atoms with Crippen molar-refractivity contribution >= 4 is 33.7 Å². The molecular weight excluding hydrogens is 502 g/mol. The van der Waals surface area contributed by atoms with E-state index in [9.17, 15) is 4.79 Å². The van der Waals surface area contributed by atoms with E-state index < -0.39 is 0 Å². The number of benzene rings is 2. The number of thiophene rings is 1. The van der Waals surface area contributed by atoms with E-state index in [0.717, 1.165) is 38.7 Å². The van der Waals surface area contributed by atoms with E-state index in [1.54, 1.807) is 17.4 Å². The third-order valence-electron chi connectivity index (χ3n) is 5.78. The van der Waals surface area contributed by atoms with Crippen LogP contribution in [-0.2, 0) is 0 Å². The van der Waals surface area contributed by atoms with E-state index in [4.69, 9.17) is 9.84 Å². The quantitative estimate of drug-likeness (QED) is 0.271. The molecule has 0 unspecified atom stereocenters. The molecule has 182 valence electrons. The molecule has 0 aliphatic heterocycles. The molecule has 6 rings (SSSR count). The van der Waals surface area contributed by atoms with E-state index in [0.29, 0.717) is 21.9 Å². The van der Waals surface area contributed by atoms with E-state index in [1.807, 2.05) is 89.9 Å². The van der Waals surface area contributed by atoms with E-state index in [1.165, 1.54) is 15.9 Å². The zero-order valence-electron chi connectivity index (χ0n) is 19.9. The predicted molar refractivity (Wildman–Crippen MR) is 149 cm³/mol. The van der Waals surface area contributed by atoms with Crippen molar-refractivity contribution in [1.29, 1.82) is 0 Å². The van der Waals surface area contributed by atoms with Gasteiger partial charge in [-0.1, -0.05) is 48.3 Å². The van der Waals surface area contributed by atoms with E-state index >= 15 is 0 Å². The first-order valence-corrected chi connectivity index (χ1v) is 13.3. The van der Waals surface area contributed by atoms with Gasteiger partial charge in [0.2, 0.25) is 4.96 Å². The molecule has 9 heteroatoms. The zero-order valence-corrected chi connectivity index (χ0v) is 21.5. The Morgan fingerprint density at radius 3 is 2.68 bits per heavy atom. The highest BCUT2D eigenvalue weighted by atomic mass is 32.1. The lowest BCUT2D eigenvalue weighted by atomic mass is 10.0. The van der Waals surface area contributed by atoms with Crippen LogP contribution in [0, 0.1) is 6.92 Å². The van der Waals surface area contributed by atoms with Gasteiger partial charge in [0.1, 0.15) is 18.1 Å². The summed E-state index contributed by atoms with van der Waals surface area (Å²) in [6.45, 7) is 6.15. The molecule has 37 heavy (non-hydrogen) atoms. The molecule has 0 aliphatic rings. The maximum atomic E-state index is 13.2. The van der Waals surface area contributed by atoms with Crippen LogP contribution in [0.4, 0.5) is 0 Å². The number of aromatic nitrogens is 5. The summed E-state index contributed by atoms with van der Waals surface area (Å²) in [4.78, 5) is 19.3. The van der Waals surface area contributed by atoms with Gasteiger partial charge in [0.25, 0.3) is 5.56 Å². The summed E-state index contributed by atoms with van der Waals surface area (Å²) in [5.74, 6) is 1.36. The Kier molecular flexibility index (Phi) is 5.99. The van der Waals surface area contributed by atoms with Gasteiger partial charge in [-0.2, -0.15) is 14.6 Å². The summed E-state index contributed by atoms with van der Waals surface area (Å²) in [6, 6.07) is 19.7. The smallest absolute Gasteiger partial charge is 0.291 e. The van der Waals surface area contributed by atoms with Crippen molar-refractivity contribution in [2.24, 2.45) is 0 Å². The summed E-state index contributed by atoms with van der Waals surface area (Å²) in [5, 5.41) is 11.3. The molecule has 0 amide bonds. The van der Waals surface area contributed by atoms with Gasteiger partial charge in [-0.3, -0.25) is 4.79 Å². The van der Waals surface area contributed by atoms with Crippen molar-refractivity contribution in [1.82, 2.24) is 24.4 Å². The molecule has 4 heterocycles. The monoisotopic (exact) mass is 523 g/mol. The molecule has 0 bridgehead atoms. The number of nitrogens with zero attached hydrogens (tertiary/aromatic N) is 5. The Morgan fingerprint density at radius 2 is 1.95 bits per heavy atom. The molecule has 0 spiro atoms. The van der Waals surface area contributed by atoms with Crippen molar-refractivity contribution in [2.75, 3.05) is 6.61 Å². The van der Waals surface area contributed by atoms with Crippen LogP contribution in [0.25, 0.3) is 38.7 Å². The van der Waals surface area contributed by atoms with E-state index in [-0.39, 0.29) is 5.56 Å². The molecule has 0 atom stereocenters. The number of fused-ring (bicyclic) bond motifs is 1. The normalized spacial score (nSPS) is 11.9. The standard InChI is InChI=1S/C28H21N5O2S2/c1-3-13-35-22-12-11-19(15-18(22)2)25-20(17-32(30-25)21-8-5-4-6-9-21)16-24-27(34)33-28(37-24)29-26(31-33)23-10-7-14-36-23/h3-12,14-17H,1,13H2,2H3/b24-16-. The molecular formula is C28H21N5O2S2. The molecule has 0 radical (unpaired) electrons. The summed E-state index contributed by atoms with van der Waals surface area (Å²) in [7, 11) is 0. The summed E-state index contributed by atoms with van der Waals surface area (Å²) >= 11 is 2.87. The van der Waals surface area contributed by atoms with Gasteiger partial charge in [0, 0.05) is 17.3 Å². The maximum absolute atomic E-state index is 13.2. The summed E-state index contributed by atoms with van der Waals surface area (Å²) in [6.07, 6.45) is 5.53. The number of hydrogen-bond donors (Lipinski definition) is 0. The van der Waals surface area contributed by atoms with Crippen LogP contribution in [0.3, 0.4) is 0 Å². The Hall–Kier alpha value is -4.34. The fourth-order valence-corrected chi connectivity index (χ4v) is 5.57. The van der Waals surface area contributed by atoms with Crippen LogP contribution in [0.15, 0.2) is 89.7 Å². The number of para-hydroxylation sites is 1. The molecule has 0 N–H and O–H groups in total. The summed E-state index contributed by atoms with van der Waals surface area (Å²) < 4.78 is 9.50. The minimum Gasteiger partial charge on any atom is -0.489 e. The zero-order chi connectivity index (χ0) is 25.4. The Labute approximate surface area is 220 Å². The highest BCUT2D eigenvalue weighted by Gasteiger charge is 2.16. The van der Waals surface area contributed by atoms with Gasteiger partial charge in [-0.15, -0.1) is 16.4 Å². The van der Waals surface area contributed by atoms with Gasteiger partial charge in [-0.25, -0.2) is 4.68 Å². The molecule has 4 aromatic heterocycles. The van der Waals surface area contributed by atoms with Crippen molar-refractivity contribution in [2.45, 2.75) is 6.92 Å². The number of rotatable bonds is 7. The average molecular weight is 524 g/mol. The van der Waals surface area contributed by atoms with Crippen LogP contribution in [0.5, 0.6) is 5.75 Å². The van der Waals surface area contributed by atoms with Crippen LogP contribution >= 0.6 is 22.7 Å². The minimum atomic E-state index is -0.196. The summed E-state index contributed by atoms with van der Waals surface area (Å²) in [5.41, 5.74) is 4.23. The molecule has 0 fully saturated rings. The molecule has 0 saturated carbocycles. The van der Waals surface area contributed by atoms with Crippen LogP contribution in [-0.4, -0.2) is 31.0 Å². The Bertz CT molecular complexity index is 1830. The lowest BCUT2D eigenvalue weighted by molar-refractivity contribution is 0.361. The van der Waals surface area contributed by atoms with Gasteiger partial charge in [0.15, 0.2) is 5.82 Å². The SMILES string of the molecule is C=CCOc1ccc(-c2nn(-c3ccccc3)cc2/C=c2\sc3nc(-c4cccs4)nn3c2=O)cc1C. The maximum Gasteiger partial charge on any atom is 0.291 e. The largest absolute Gasteiger partial charge is 0.489 e. The second-order valence-corrected chi connectivity index (χ2v) is 10.3. The van der Waals surface area contributed by atoms with Gasteiger partial charge >= 0.3 is 0 Å². The van der Waals surface area contributed by atoms with Crippen LogP contribution in [0.2, 0.25) is 0 Å². The first kappa shape index (κ1) is 23.1. The fraction of sp³-hybridized carbons (Fsp3) is 0.0714. The third kappa shape index (κ3) is 4.39.